The Hall–Kier alpha value is -0.910. The molecule has 1 unspecified atom stereocenters. The summed E-state index contributed by atoms with van der Waals surface area (Å²) >= 11 is 3.70. The molecule has 14 heavy (non-hydrogen) atoms. The summed E-state index contributed by atoms with van der Waals surface area (Å²) in [6, 6.07) is 4.15. The van der Waals surface area contributed by atoms with Gasteiger partial charge in [0.2, 0.25) is 0 Å². The van der Waals surface area contributed by atoms with Gasteiger partial charge in [0, 0.05) is 0 Å². The molecule has 0 saturated heterocycles. The van der Waals surface area contributed by atoms with Gasteiger partial charge in [0.15, 0.2) is 11.1 Å². The van der Waals surface area contributed by atoms with Crippen LogP contribution in [0.2, 0.25) is 5.02 Å². The molecule has 0 saturated carbocycles. The van der Waals surface area contributed by atoms with E-state index in [1.807, 2.05) is 0 Å². The second kappa shape index (κ2) is 4.54. The molecule has 0 aliphatic rings. The minimum Gasteiger partial charge on any atom is -0.478 e. The average molecular weight is 235 g/mol. The van der Waals surface area contributed by atoms with Crippen molar-refractivity contribution in [1.82, 2.24) is 0 Å². The number of aromatic carboxylic acids is 1. The van der Waals surface area contributed by atoms with Crippen LogP contribution >= 0.6 is 11.6 Å². The summed E-state index contributed by atoms with van der Waals surface area (Å²) in [7, 11) is 0. The van der Waals surface area contributed by atoms with Crippen LogP contribution in [0.1, 0.15) is 15.9 Å². The fourth-order valence-corrected chi connectivity index (χ4v) is 1.71. The minimum absolute atomic E-state index is 0.0147. The predicted molar refractivity (Wildman–Crippen MR) is 52.9 cm³/mol. The highest BCUT2D eigenvalue weighted by molar-refractivity contribution is 7.78. The van der Waals surface area contributed by atoms with E-state index in [-0.39, 0.29) is 16.3 Å². The molecule has 0 bridgehead atoms. The van der Waals surface area contributed by atoms with Crippen molar-refractivity contribution >= 4 is 28.7 Å². The summed E-state index contributed by atoms with van der Waals surface area (Å²) in [5.41, 5.74) is 0.514. The van der Waals surface area contributed by atoms with Crippen LogP contribution in [0.25, 0.3) is 0 Å². The Morgan fingerprint density at radius 2 is 2.14 bits per heavy atom. The van der Waals surface area contributed by atoms with Crippen LogP contribution in [0.3, 0.4) is 0 Å². The molecule has 0 radical (unpaired) electrons. The normalized spacial score (nSPS) is 12.4. The van der Waals surface area contributed by atoms with Gasteiger partial charge in [-0.05, 0) is 17.7 Å². The third-order valence-corrected chi connectivity index (χ3v) is 2.45. The maximum Gasteiger partial charge on any atom is 0.337 e. The highest BCUT2D eigenvalue weighted by Crippen LogP contribution is 2.18. The van der Waals surface area contributed by atoms with Crippen molar-refractivity contribution in [2.24, 2.45) is 0 Å². The number of carbonyl (C=O) groups is 1. The summed E-state index contributed by atoms with van der Waals surface area (Å²) in [6.45, 7) is 0. The Balaban J connectivity index is 3.00. The van der Waals surface area contributed by atoms with Gasteiger partial charge in [-0.25, -0.2) is 9.00 Å². The lowest BCUT2D eigenvalue weighted by Gasteiger charge is -2.01. The molecular weight excluding hydrogens is 228 g/mol. The Labute approximate surface area is 87.8 Å². The third-order valence-electron chi connectivity index (χ3n) is 1.55. The molecule has 1 aromatic carbocycles. The Bertz CT molecular complexity index is 391. The summed E-state index contributed by atoms with van der Waals surface area (Å²) < 4.78 is 19.0. The second-order valence-corrected chi connectivity index (χ2v) is 3.92. The van der Waals surface area contributed by atoms with Crippen LogP contribution < -0.4 is 0 Å². The smallest absolute Gasteiger partial charge is 0.337 e. The van der Waals surface area contributed by atoms with Crippen LogP contribution in [0.15, 0.2) is 18.2 Å². The number of carboxylic acids is 1. The molecule has 4 nitrogen and oxygen atoms in total. The molecule has 1 atom stereocenters. The predicted octanol–water partition coefficient (Wildman–Crippen LogP) is 1.76. The first kappa shape index (κ1) is 11.2. The zero-order valence-corrected chi connectivity index (χ0v) is 8.51. The first-order valence-corrected chi connectivity index (χ1v) is 5.25. The number of rotatable bonds is 3. The fraction of sp³-hybridized carbons (Fsp3) is 0.125. The summed E-state index contributed by atoms with van der Waals surface area (Å²) in [4.78, 5) is 10.6. The zero-order chi connectivity index (χ0) is 10.7. The molecular formula is C8H7ClO4S. The Morgan fingerprint density at radius 3 is 2.57 bits per heavy atom. The molecule has 0 aliphatic heterocycles. The van der Waals surface area contributed by atoms with Crippen LogP contribution in [-0.4, -0.2) is 19.8 Å². The second-order valence-electron chi connectivity index (χ2n) is 2.59. The van der Waals surface area contributed by atoms with E-state index in [0.717, 1.165) is 0 Å². The molecule has 1 rings (SSSR count). The van der Waals surface area contributed by atoms with Gasteiger partial charge >= 0.3 is 5.97 Å². The molecule has 0 spiro atoms. The fourth-order valence-electron chi connectivity index (χ4n) is 0.964. The Kier molecular flexibility index (Phi) is 3.62. The van der Waals surface area contributed by atoms with Crippen molar-refractivity contribution < 1.29 is 18.7 Å². The van der Waals surface area contributed by atoms with E-state index in [1.165, 1.54) is 18.2 Å². The van der Waals surface area contributed by atoms with Gasteiger partial charge in [-0.1, -0.05) is 17.7 Å². The summed E-state index contributed by atoms with van der Waals surface area (Å²) in [5, 5.41) is 8.71. The van der Waals surface area contributed by atoms with Crippen LogP contribution in [0.4, 0.5) is 0 Å². The average Bonchev–Trinajstić information content (AvgIpc) is 2.01. The van der Waals surface area contributed by atoms with E-state index in [1.54, 1.807) is 0 Å². The molecule has 0 aliphatic carbocycles. The van der Waals surface area contributed by atoms with E-state index in [9.17, 15) is 9.00 Å². The molecule has 1 aromatic rings. The first-order chi connectivity index (χ1) is 6.50. The highest BCUT2D eigenvalue weighted by atomic mass is 35.5. The van der Waals surface area contributed by atoms with Gasteiger partial charge in [0.25, 0.3) is 0 Å². The molecule has 0 amide bonds. The SMILES string of the molecule is O=C(O)c1ccc(CS(=O)O)cc1Cl. The van der Waals surface area contributed by atoms with Crippen molar-refractivity contribution in [1.29, 1.82) is 0 Å². The molecule has 0 fully saturated rings. The van der Waals surface area contributed by atoms with Crippen molar-refractivity contribution in [3.8, 4) is 0 Å². The van der Waals surface area contributed by atoms with Gasteiger partial charge in [0.05, 0.1) is 16.3 Å². The van der Waals surface area contributed by atoms with Crippen molar-refractivity contribution in [2.45, 2.75) is 5.75 Å². The van der Waals surface area contributed by atoms with E-state index in [0.29, 0.717) is 5.56 Å². The number of benzene rings is 1. The van der Waals surface area contributed by atoms with Gasteiger partial charge in [0.1, 0.15) is 0 Å². The lowest BCUT2D eigenvalue weighted by atomic mass is 10.1. The molecule has 6 heteroatoms. The van der Waals surface area contributed by atoms with E-state index >= 15 is 0 Å². The maximum atomic E-state index is 10.6. The third kappa shape index (κ3) is 2.80. The first-order valence-electron chi connectivity index (χ1n) is 3.60. The largest absolute Gasteiger partial charge is 0.478 e. The van der Waals surface area contributed by atoms with Gasteiger partial charge in [-0.3, -0.25) is 0 Å². The highest BCUT2D eigenvalue weighted by Gasteiger charge is 2.09. The van der Waals surface area contributed by atoms with Crippen LogP contribution in [0.5, 0.6) is 0 Å². The zero-order valence-electron chi connectivity index (χ0n) is 6.94. The van der Waals surface area contributed by atoms with E-state index in [4.69, 9.17) is 21.3 Å². The quantitative estimate of drug-likeness (QED) is 0.782. The van der Waals surface area contributed by atoms with Crippen LogP contribution in [-0.2, 0) is 16.8 Å². The molecule has 0 heterocycles. The van der Waals surface area contributed by atoms with Gasteiger partial charge in [-0.15, -0.1) is 0 Å². The maximum absolute atomic E-state index is 10.6. The molecule has 76 valence electrons. The monoisotopic (exact) mass is 234 g/mol. The number of halogens is 1. The van der Waals surface area contributed by atoms with Crippen molar-refractivity contribution in [2.75, 3.05) is 0 Å². The van der Waals surface area contributed by atoms with Gasteiger partial charge < -0.3 is 9.66 Å². The van der Waals surface area contributed by atoms with Crippen molar-refractivity contribution in [3.05, 3.63) is 34.3 Å². The molecule has 0 aromatic heterocycles. The minimum atomic E-state index is -1.95. The summed E-state index contributed by atoms with van der Waals surface area (Å²) in [5.74, 6) is -1.17. The topological polar surface area (TPSA) is 74.6 Å². The Morgan fingerprint density at radius 1 is 1.50 bits per heavy atom. The van der Waals surface area contributed by atoms with Crippen molar-refractivity contribution in [3.63, 3.8) is 0 Å². The van der Waals surface area contributed by atoms with Crippen LogP contribution in [0, 0.1) is 0 Å². The molecule has 2 N–H and O–H groups in total. The van der Waals surface area contributed by atoms with E-state index < -0.39 is 17.0 Å². The lowest BCUT2D eigenvalue weighted by molar-refractivity contribution is 0.0697. The summed E-state index contributed by atoms with van der Waals surface area (Å²) in [6.07, 6.45) is 0. The number of hydrogen-bond acceptors (Lipinski definition) is 2. The van der Waals surface area contributed by atoms with E-state index in [2.05, 4.69) is 0 Å². The standard InChI is InChI=1S/C8H7ClO4S/c9-7-3-5(4-14(12)13)1-2-6(7)8(10)11/h1-3H,4H2,(H,10,11)(H,12,13). The number of carboxylic acid groups (broad SMARTS) is 1. The number of hydrogen-bond donors (Lipinski definition) is 2. The lowest BCUT2D eigenvalue weighted by Crippen LogP contribution is -1.99. The van der Waals surface area contributed by atoms with Gasteiger partial charge in [-0.2, -0.15) is 0 Å².